The molecule has 1 atom stereocenters. The van der Waals surface area contributed by atoms with E-state index in [-0.39, 0.29) is 12.5 Å². The molecule has 1 rings (SSSR count). The predicted molar refractivity (Wildman–Crippen MR) is 38.6 cm³/mol. The van der Waals surface area contributed by atoms with Crippen molar-refractivity contribution in [2.45, 2.75) is 19.3 Å². The Morgan fingerprint density at radius 1 is 1.73 bits per heavy atom. The maximum absolute atomic E-state index is 10.6. The van der Waals surface area contributed by atoms with E-state index in [9.17, 15) is 4.79 Å². The Hall–Kier alpha value is -0.610. The lowest BCUT2D eigenvalue weighted by atomic mass is 9.76. The van der Waals surface area contributed by atoms with Crippen LogP contribution in [0.15, 0.2) is 0 Å². The third-order valence-corrected chi connectivity index (χ3v) is 2.31. The van der Waals surface area contributed by atoms with Gasteiger partial charge in [-0.1, -0.05) is 6.42 Å². The minimum atomic E-state index is -0.792. The summed E-state index contributed by atoms with van der Waals surface area (Å²) in [5.41, 5.74) is 0. The summed E-state index contributed by atoms with van der Waals surface area (Å²) in [5, 5.41) is 8.70. The highest BCUT2D eigenvalue weighted by Gasteiger charge is 2.32. The largest absolute Gasteiger partial charge is 0.481 e. The van der Waals surface area contributed by atoms with Crippen LogP contribution >= 0.6 is 0 Å². The Kier molecular flexibility index (Phi) is 2.84. The Morgan fingerprint density at radius 3 is 2.64 bits per heavy atom. The molecule has 1 fully saturated rings. The maximum atomic E-state index is 10.6. The van der Waals surface area contributed by atoms with Crippen LogP contribution in [-0.4, -0.2) is 17.7 Å². The van der Waals surface area contributed by atoms with Crippen molar-refractivity contribution in [1.29, 1.82) is 0 Å². The Morgan fingerprint density at radius 2 is 2.36 bits per heavy atom. The van der Waals surface area contributed by atoms with Crippen molar-refractivity contribution in [3.8, 4) is 0 Å². The summed E-state index contributed by atoms with van der Waals surface area (Å²) in [6.45, 7) is 0.139. The van der Waals surface area contributed by atoms with Gasteiger partial charge in [-0.05, 0) is 18.8 Å². The quantitative estimate of drug-likeness (QED) is 0.581. The van der Waals surface area contributed by atoms with E-state index in [1.165, 1.54) is 0 Å². The van der Waals surface area contributed by atoms with Crippen LogP contribution in [0.5, 0.6) is 0 Å². The fourth-order valence-electron chi connectivity index (χ4n) is 1.35. The minimum absolute atomic E-state index is 0.139. The summed E-state index contributed by atoms with van der Waals surface area (Å²) in [5.74, 6) is 3.92. The molecule has 1 unspecified atom stereocenters. The van der Waals surface area contributed by atoms with Gasteiger partial charge in [-0.3, -0.25) is 4.79 Å². The molecule has 4 nitrogen and oxygen atoms in total. The number of nitrogens with two attached hydrogens (primary N) is 1. The van der Waals surface area contributed by atoms with Crippen molar-refractivity contribution in [1.82, 2.24) is 0 Å². The highest BCUT2D eigenvalue weighted by Crippen LogP contribution is 2.33. The van der Waals surface area contributed by atoms with Gasteiger partial charge < -0.3 is 9.94 Å². The highest BCUT2D eigenvalue weighted by molar-refractivity contribution is 5.70. The fourth-order valence-corrected chi connectivity index (χ4v) is 1.35. The molecule has 0 aromatic heterocycles. The molecule has 4 heteroatoms. The van der Waals surface area contributed by atoms with Crippen molar-refractivity contribution in [3.63, 3.8) is 0 Å². The van der Waals surface area contributed by atoms with Crippen molar-refractivity contribution >= 4 is 5.97 Å². The molecule has 0 radical (unpaired) electrons. The number of carboxylic acid groups (broad SMARTS) is 1. The van der Waals surface area contributed by atoms with Crippen molar-refractivity contribution in [2.75, 3.05) is 6.61 Å². The molecule has 0 aromatic carbocycles. The standard InChI is InChI=1S/C7H13NO3/c8-11-4-6(7(9)10)5-2-1-3-5/h5-6H,1-4,8H2,(H,9,10). The summed E-state index contributed by atoms with van der Waals surface area (Å²) in [6.07, 6.45) is 3.14. The molecule has 0 aromatic rings. The van der Waals surface area contributed by atoms with E-state index in [4.69, 9.17) is 11.0 Å². The number of rotatable bonds is 4. The number of aliphatic carboxylic acids is 1. The lowest BCUT2D eigenvalue weighted by Crippen LogP contribution is -2.33. The second-order valence-electron chi connectivity index (χ2n) is 2.97. The van der Waals surface area contributed by atoms with Crippen LogP contribution in [0.25, 0.3) is 0 Å². The molecule has 0 heterocycles. The highest BCUT2D eigenvalue weighted by atomic mass is 16.6. The molecule has 1 aliphatic carbocycles. The molecule has 0 bridgehead atoms. The second-order valence-corrected chi connectivity index (χ2v) is 2.97. The van der Waals surface area contributed by atoms with Crippen molar-refractivity contribution in [3.05, 3.63) is 0 Å². The number of carboxylic acids is 1. The first kappa shape index (κ1) is 8.49. The van der Waals surface area contributed by atoms with Crippen molar-refractivity contribution < 1.29 is 14.7 Å². The van der Waals surface area contributed by atoms with Crippen LogP contribution in [0.1, 0.15) is 19.3 Å². The normalized spacial score (nSPS) is 20.8. The third-order valence-electron chi connectivity index (χ3n) is 2.31. The zero-order valence-electron chi connectivity index (χ0n) is 6.32. The Labute approximate surface area is 65.3 Å². The van der Waals surface area contributed by atoms with Crippen LogP contribution in [-0.2, 0) is 9.63 Å². The van der Waals surface area contributed by atoms with Crippen molar-refractivity contribution in [2.24, 2.45) is 17.7 Å². The van der Waals surface area contributed by atoms with E-state index in [0.29, 0.717) is 0 Å². The van der Waals surface area contributed by atoms with Gasteiger partial charge >= 0.3 is 5.97 Å². The molecule has 3 N–H and O–H groups in total. The summed E-state index contributed by atoms with van der Waals surface area (Å²) in [7, 11) is 0. The monoisotopic (exact) mass is 159 g/mol. The Balaban J connectivity index is 2.37. The average Bonchev–Trinajstić information content (AvgIpc) is 1.82. The summed E-state index contributed by atoms with van der Waals surface area (Å²) >= 11 is 0. The maximum Gasteiger partial charge on any atom is 0.309 e. The zero-order chi connectivity index (χ0) is 8.27. The topological polar surface area (TPSA) is 72.5 Å². The van der Waals surface area contributed by atoms with Crippen LogP contribution in [0, 0.1) is 11.8 Å². The lowest BCUT2D eigenvalue weighted by Gasteiger charge is -2.30. The molecule has 0 amide bonds. The number of carbonyl (C=O) groups is 1. The molecule has 0 aliphatic heterocycles. The van der Waals surface area contributed by atoms with Crippen LogP contribution < -0.4 is 5.90 Å². The van der Waals surface area contributed by atoms with Gasteiger partial charge in [-0.15, -0.1) is 0 Å². The van der Waals surface area contributed by atoms with Gasteiger partial charge in [-0.25, -0.2) is 5.90 Å². The van der Waals surface area contributed by atoms with E-state index in [0.717, 1.165) is 19.3 Å². The molecular weight excluding hydrogens is 146 g/mol. The first-order chi connectivity index (χ1) is 5.25. The molecule has 0 saturated heterocycles. The molecule has 1 saturated carbocycles. The molecule has 0 spiro atoms. The summed E-state index contributed by atoms with van der Waals surface area (Å²) in [6, 6.07) is 0. The van der Waals surface area contributed by atoms with E-state index < -0.39 is 11.9 Å². The smallest absolute Gasteiger partial charge is 0.309 e. The fraction of sp³-hybridized carbons (Fsp3) is 0.857. The van der Waals surface area contributed by atoms with Crippen LogP contribution in [0.4, 0.5) is 0 Å². The van der Waals surface area contributed by atoms with E-state index >= 15 is 0 Å². The van der Waals surface area contributed by atoms with E-state index in [1.54, 1.807) is 0 Å². The van der Waals surface area contributed by atoms with Gasteiger partial charge in [0.05, 0.1) is 12.5 Å². The van der Waals surface area contributed by atoms with E-state index in [1.807, 2.05) is 0 Å². The number of hydrogen-bond donors (Lipinski definition) is 2. The molecular formula is C7H13NO3. The molecule has 1 aliphatic rings. The van der Waals surface area contributed by atoms with Gasteiger partial charge in [0.2, 0.25) is 0 Å². The van der Waals surface area contributed by atoms with Crippen LogP contribution in [0.3, 0.4) is 0 Å². The molecule has 11 heavy (non-hydrogen) atoms. The van der Waals surface area contributed by atoms with E-state index in [2.05, 4.69) is 4.84 Å². The predicted octanol–water partition coefficient (Wildman–Crippen LogP) is 0.378. The van der Waals surface area contributed by atoms with Gasteiger partial charge in [0.15, 0.2) is 0 Å². The average molecular weight is 159 g/mol. The first-order valence-electron chi connectivity index (χ1n) is 3.80. The SMILES string of the molecule is NOCC(C(=O)O)C1CCC1. The zero-order valence-corrected chi connectivity index (χ0v) is 6.32. The first-order valence-corrected chi connectivity index (χ1v) is 3.80. The van der Waals surface area contributed by atoms with Gasteiger partial charge in [0.25, 0.3) is 0 Å². The van der Waals surface area contributed by atoms with Gasteiger partial charge in [-0.2, -0.15) is 0 Å². The third kappa shape index (κ3) is 1.91. The van der Waals surface area contributed by atoms with Crippen LogP contribution in [0.2, 0.25) is 0 Å². The summed E-state index contributed by atoms with van der Waals surface area (Å²) in [4.78, 5) is 14.9. The summed E-state index contributed by atoms with van der Waals surface area (Å²) < 4.78 is 0. The second kappa shape index (κ2) is 3.69. The van der Waals surface area contributed by atoms with Gasteiger partial charge in [0.1, 0.15) is 0 Å². The lowest BCUT2D eigenvalue weighted by molar-refractivity contribution is -0.148. The molecule has 64 valence electrons. The van der Waals surface area contributed by atoms with Gasteiger partial charge in [0, 0.05) is 0 Å². The Bertz CT molecular complexity index is 145. The minimum Gasteiger partial charge on any atom is -0.481 e. The number of hydrogen-bond acceptors (Lipinski definition) is 3.